The predicted octanol–water partition coefficient (Wildman–Crippen LogP) is 2.10. The van der Waals surface area contributed by atoms with Crippen molar-refractivity contribution in [3.05, 3.63) is 17.6 Å². The lowest BCUT2D eigenvalue weighted by Crippen LogP contribution is -2.35. The molecule has 6 nitrogen and oxygen atoms in total. The van der Waals surface area contributed by atoms with Crippen LogP contribution < -0.4 is 10.6 Å². The molecule has 0 spiro atoms. The summed E-state index contributed by atoms with van der Waals surface area (Å²) in [6.45, 7) is 4.96. The SMILES string of the molecule is CC(C)N(CCC(N)=NO)c1ncnc2c1CCCCC2. The van der Waals surface area contributed by atoms with E-state index in [2.05, 4.69) is 33.9 Å². The highest BCUT2D eigenvalue weighted by atomic mass is 16.4. The van der Waals surface area contributed by atoms with Gasteiger partial charge >= 0.3 is 0 Å². The zero-order valence-corrected chi connectivity index (χ0v) is 12.9. The molecule has 0 unspecified atom stereocenters. The number of aryl methyl sites for hydroxylation is 1. The molecule has 0 saturated heterocycles. The van der Waals surface area contributed by atoms with Gasteiger partial charge in [-0.25, -0.2) is 9.97 Å². The smallest absolute Gasteiger partial charge is 0.140 e. The van der Waals surface area contributed by atoms with Gasteiger partial charge in [-0.05, 0) is 39.5 Å². The van der Waals surface area contributed by atoms with E-state index >= 15 is 0 Å². The maximum atomic E-state index is 8.70. The van der Waals surface area contributed by atoms with Crippen molar-refractivity contribution in [3.63, 3.8) is 0 Å². The fourth-order valence-corrected chi connectivity index (χ4v) is 2.82. The van der Waals surface area contributed by atoms with E-state index < -0.39 is 0 Å². The van der Waals surface area contributed by atoms with Crippen LogP contribution in [-0.4, -0.2) is 33.6 Å². The molecule has 1 aliphatic rings. The number of rotatable bonds is 5. The van der Waals surface area contributed by atoms with Crippen molar-refractivity contribution in [2.75, 3.05) is 11.4 Å². The topological polar surface area (TPSA) is 87.6 Å². The first-order valence-electron chi connectivity index (χ1n) is 7.69. The summed E-state index contributed by atoms with van der Waals surface area (Å²) in [5.41, 5.74) is 8.07. The minimum atomic E-state index is 0.251. The van der Waals surface area contributed by atoms with Gasteiger partial charge in [0.05, 0.1) is 0 Å². The van der Waals surface area contributed by atoms with Crippen molar-refractivity contribution in [1.29, 1.82) is 0 Å². The number of fused-ring (bicyclic) bond motifs is 1. The van der Waals surface area contributed by atoms with Crippen molar-refractivity contribution in [2.45, 2.75) is 58.4 Å². The number of anilines is 1. The highest BCUT2D eigenvalue weighted by Gasteiger charge is 2.20. The lowest BCUT2D eigenvalue weighted by atomic mass is 10.1. The molecule has 116 valence electrons. The monoisotopic (exact) mass is 291 g/mol. The number of hydrogen-bond donors (Lipinski definition) is 2. The minimum Gasteiger partial charge on any atom is -0.409 e. The Morgan fingerprint density at radius 3 is 2.81 bits per heavy atom. The summed E-state index contributed by atoms with van der Waals surface area (Å²) < 4.78 is 0. The number of aromatic nitrogens is 2. The van der Waals surface area contributed by atoms with E-state index in [1.807, 2.05) is 0 Å². The molecule has 3 N–H and O–H groups in total. The number of nitrogens with two attached hydrogens (primary N) is 1. The van der Waals surface area contributed by atoms with E-state index in [-0.39, 0.29) is 5.84 Å². The Morgan fingerprint density at radius 1 is 1.33 bits per heavy atom. The molecular formula is C15H25N5O. The van der Waals surface area contributed by atoms with E-state index in [9.17, 15) is 0 Å². The average molecular weight is 291 g/mol. The molecule has 6 heteroatoms. The Labute approximate surface area is 126 Å². The summed E-state index contributed by atoms with van der Waals surface area (Å²) in [7, 11) is 0. The third-order valence-corrected chi connectivity index (χ3v) is 3.98. The summed E-state index contributed by atoms with van der Waals surface area (Å²) in [6.07, 6.45) is 7.91. The van der Waals surface area contributed by atoms with E-state index in [0.717, 1.165) is 18.7 Å². The van der Waals surface area contributed by atoms with Crippen molar-refractivity contribution in [1.82, 2.24) is 9.97 Å². The molecule has 0 aliphatic heterocycles. The van der Waals surface area contributed by atoms with Crippen LogP contribution in [0.1, 0.15) is 50.8 Å². The molecule has 1 aromatic rings. The fourth-order valence-electron chi connectivity index (χ4n) is 2.82. The van der Waals surface area contributed by atoms with E-state index in [1.54, 1.807) is 6.33 Å². The maximum absolute atomic E-state index is 8.70. The Hall–Kier alpha value is -1.85. The molecule has 1 aromatic heterocycles. The summed E-state index contributed by atoms with van der Waals surface area (Å²) in [4.78, 5) is 11.2. The lowest BCUT2D eigenvalue weighted by Gasteiger charge is -2.30. The molecular weight excluding hydrogens is 266 g/mol. The molecule has 0 bridgehead atoms. The standard InChI is InChI=1S/C15H25N5O/c1-11(2)20(9-8-14(16)19-21)15-12-6-4-3-5-7-13(12)17-10-18-15/h10-11,21H,3-9H2,1-2H3,(H2,16,19). The average Bonchev–Trinajstić information content (AvgIpc) is 2.72. The number of amidine groups is 1. The lowest BCUT2D eigenvalue weighted by molar-refractivity contribution is 0.317. The molecule has 0 radical (unpaired) electrons. The van der Waals surface area contributed by atoms with Crippen LogP contribution in [0.4, 0.5) is 5.82 Å². The van der Waals surface area contributed by atoms with Crippen molar-refractivity contribution in [3.8, 4) is 0 Å². The summed E-state index contributed by atoms with van der Waals surface area (Å²) >= 11 is 0. The van der Waals surface area contributed by atoms with Gasteiger partial charge in [-0.2, -0.15) is 0 Å². The van der Waals surface area contributed by atoms with Gasteiger partial charge in [-0.1, -0.05) is 11.6 Å². The van der Waals surface area contributed by atoms with Gasteiger partial charge in [-0.3, -0.25) is 0 Å². The second-order valence-corrected chi connectivity index (χ2v) is 5.81. The van der Waals surface area contributed by atoms with Crippen LogP contribution in [0, 0.1) is 0 Å². The summed E-state index contributed by atoms with van der Waals surface area (Å²) in [5, 5.41) is 11.8. The van der Waals surface area contributed by atoms with Crippen LogP contribution in [0.25, 0.3) is 0 Å². The third-order valence-electron chi connectivity index (χ3n) is 3.98. The molecule has 1 heterocycles. The molecule has 21 heavy (non-hydrogen) atoms. The van der Waals surface area contributed by atoms with Crippen LogP contribution in [0.5, 0.6) is 0 Å². The molecule has 0 saturated carbocycles. The Morgan fingerprint density at radius 2 is 2.10 bits per heavy atom. The molecule has 0 aromatic carbocycles. The zero-order chi connectivity index (χ0) is 15.2. The number of oxime groups is 1. The molecule has 1 aliphatic carbocycles. The normalized spacial score (nSPS) is 15.7. The second kappa shape index (κ2) is 7.24. The van der Waals surface area contributed by atoms with Gasteiger partial charge in [0.2, 0.25) is 0 Å². The fraction of sp³-hybridized carbons (Fsp3) is 0.667. The van der Waals surface area contributed by atoms with Gasteiger partial charge in [0.25, 0.3) is 0 Å². The minimum absolute atomic E-state index is 0.251. The first-order chi connectivity index (χ1) is 10.1. The predicted molar refractivity (Wildman–Crippen MR) is 83.8 cm³/mol. The van der Waals surface area contributed by atoms with Gasteiger partial charge in [-0.15, -0.1) is 0 Å². The first-order valence-corrected chi connectivity index (χ1v) is 7.69. The van der Waals surface area contributed by atoms with Gasteiger partial charge in [0.1, 0.15) is 18.0 Å². The van der Waals surface area contributed by atoms with Crippen LogP contribution in [-0.2, 0) is 12.8 Å². The van der Waals surface area contributed by atoms with E-state index in [0.29, 0.717) is 19.0 Å². The second-order valence-electron chi connectivity index (χ2n) is 5.81. The van der Waals surface area contributed by atoms with Gasteiger partial charge in [0, 0.05) is 30.3 Å². The number of nitrogens with zero attached hydrogens (tertiary/aromatic N) is 4. The van der Waals surface area contributed by atoms with Crippen LogP contribution in [0.3, 0.4) is 0 Å². The zero-order valence-electron chi connectivity index (χ0n) is 12.9. The third kappa shape index (κ3) is 3.83. The largest absolute Gasteiger partial charge is 0.409 e. The highest BCUT2D eigenvalue weighted by Crippen LogP contribution is 2.27. The van der Waals surface area contributed by atoms with Crippen molar-refractivity contribution in [2.24, 2.45) is 10.9 Å². The van der Waals surface area contributed by atoms with Crippen molar-refractivity contribution < 1.29 is 5.21 Å². The van der Waals surface area contributed by atoms with Gasteiger partial charge in [0.15, 0.2) is 0 Å². The molecule has 0 fully saturated rings. The molecule has 2 rings (SSSR count). The van der Waals surface area contributed by atoms with E-state index in [1.165, 1.54) is 30.5 Å². The molecule has 0 amide bonds. The Bertz CT molecular complexity index is 501. The van der Waals surface area contributed by atoms with Gasteiger partial charge < -0.3 is 15.8 Å². The maximum Gasteiger partial charge on any atom is 0.140 e. The molecule has 0 atom stereocenters. The summed E-state index contributed by atoms with van der Waals surface area (Å²) in [5.74, 6) is 1.27. The first kappa shape index (κ1) is 15.5. The van der Waals surface area contributed by atoms with Crippen molar-refractivity contribution >= 4 is 11.7 Å². The van der Waals surface area contributed by atoms with Crippen LogP contribution in [0.15, 0.2) is 11.5 Å². The highest BCUT2D eigenvalue weighted by molar-refractivity contribution is 5.80. The Kier molecular flexibility index (Phi) is 5.36. The van der Waals surface area contributed by atoms with E-state index in [4.69, 9.17) is 10.9 Å². The Balaban J connectivity index is 2.27. The summed E-state index contributed by atoms with van der Waals surface area (Å²) in [6, 6.07) is 0.304. The number of hydrogen-bond acceptors (Lipinski definition) is 5. The van der Waals surface area contributed by atoms with Crippen LogP contribution >= 0.6 is 0 Å². The van der Waals surface area contributed by atoms with Crippen LogP contribution in [0.2, 0.25) is 0 Å². The quantitative estimate of drug-likeness (QED) is 0.285.